The Hall–Kier alpha value is -2.00. The van der Waals surface area contributed by atoms with Crippen LogP contribution in [0, 0.1) is 18.8 Å². The SMILES string of the molecule is CC#Cc1cccc(-c2cccc(C)c2)c1. The molecule has 16 heavy (non-hydrogen) atoms. The summed E-state index contributed by atoms with van der Waals surface area (Å²) in [6.07, 6.45) is 0. The zero-order chi connectivity index (χ0) is 11.4. The van der Waals surface area contributed by atoms with Crippen molar-refractivity contribution >= 4 is 0 Å². The maximum absolute atomic E-state index is 3.08. The van der Waals surface area contributed by atoms with Crippen LogP contribution in [0.25, 0.3) is 11.1 Å². The summed E-state index contributed by atoms with van der Waals surface area (Å²) in [7, 11) is 0. The molecule has 0 heteroatoms. The van der Waals surface area contributed by atoms with E-state index in [0.29, 0.717) is 0 Å². The van der Waals surface area contributed by atoms with Gasteiger partial charge < -0.3 is 0 Å². The van der Waals surface area contributed by atoms with Crippen LogP contribution in [0.5, 0.6) is 0 Å². The van der Waals surface area contributed by atoms with Gasteiger partial charge in [-0.05, 0) is 37.1 Å². The Morgan fingerprint density at radius 3 is 2.25 bits per heavy atom. The van der Waals surface area contributed by atoms with Gasteiger partial charge in [-0.2, -0.15) is 0 Å². The van der Waals surface area contributed by atoms with Gasteiger partial charge >= 0.3 is 0 Å². The molecule has 0 nitrogen and oxygen atoms in total. The standard InChI is InChI=1S/C16H14/c1-3-6-14-8-5-10-16(12-14)15-9-4-7-13(2)11-15/h4-5,7-12H,1-2H3. The van der Waals surface area contributed by atoms with Crippen LogP contribution in [0.1, 0.15) is 18.1 Å². The third-order valence-corrected chi connectivity index (χ3v) is 2.48. The van der Waals surface area contributed by atoms with Crippen molar-refractivity contribution in [3.63, 3.8) is 0 Å². The lowest BCUT2D eigenvalue weighted by atomic mass is 10.0. The van der Waals surface area contributed by atoms with Crippen LogP contribution in [0.2, 0.25) is 0 Å². The fraction of sp³-hybridized carbons (Fsp3) is 0.125. The summed E-state index contributed by atoms with van der Waals surface area (Å²) in [5, 5.41) is 0. The molecule has 0 N–H and O–H groups in total. The Labute approximate surface area is 96.9 Å². The predicted octanol–water partition coefficient (Wildman–Crippen LogP) is 4.03. The van der Waals surface area contributed by atoms with Gasteiger partial charge in [0.2, 0.25) is 0 Å². The van der Waals surface area contributed by atoms with Gasteiger partial charge in [-0.15, -0.1) is 5.92 Å². The average molecular weight is 206 g/mol. The van der Waals surface area contributed by atoms with Gasteiger partial charge in [0.05, 0.1) is 0 Å². The van der Waals surface area contributed by atoms with Crippen LogP contribution >= 0.6 is 0 Å². The van der Waals surface area contributed by atoms with E-state index in [4.69, 9.17) is 0 Å². The summed E-state index contributed by atoms with van der Waals surface area (Å²) in [4.78, 5) is 0. The first-order valence-electron chi connectivity index (χ1n) is 5.39. The van der Waals surface area contributed by atoms with E-state index in [2.05, 4.69) is 61.2 Å². The first kappa shape index (κ1) is 10.5. The molecule has 0 aliphatic heterocycles. The van der Waals surface area contributed by atoms with E-state index in [1.54, 1.807) is 0 Å². The molecular formula is C16H14. The summed E-state index contributed by atoms with van der Waals surface area (Å²) in [5.74, 6) is 6.01. The van der Waals surface area contributed by atoms with Crippen molar-refractivity contribution in [2.24, 2.45) is 0 Å². The van der Waals surface area contributed by atoms with E-state index < -0.39 is 0 Å². The summed E-state index contributed by atoms with van der Waals surface area (Å²) in [6, 6.07) is 16.9. The van der Waals surface area contributed by atoms with Crippen LogP contribution in [-0.4, -0.2) is 0 Å². The largest absolute Gasteiger partial charge is 0.101 e. The first-order valence-corrected chi connectivity index (χ1v) is 5.39. The monoisotopic (exact) mass is 206 g/mol. The highest BCUT2D eigenvalue weighted by Gasteiger charge is 1.97. The molecule has 0 saturated heterocycles. The molecule has 0 unspecified atom stereocenters. The van der Waals surface area contributed by atoms with Crippen LogP contribution in [0.4, 0.5) is 0 Å². The predicted molar refractivity (Wildman–Crippen MR) is 69.2 cm³/mol. The summed E-state index contributed by atoms with van der Waals surface area (Å²) in [6.45, 7) is 3.97. The van der Waals surface area contributed by atoms with Crippen molar-refractivity contribution in [3.8, 4) is 23.0 Å². The molecule has 0 fully saturated rings. The van der Waals surface area contributed by atoms with Gasteiger partial charge in [0, 0.05) is 5.56 Å². The average Bonchev–Trinajstić information content (AvgIpc) is 2.30. The Kier molecular flexibility index (Phi) is 3.08. The lowest BCUT2D eigenvalue weighted by Gasteiger charge is -2.03. The molecule has 2 aromatic rings. The van der Waals surface area contributed by atoms with E-state index in [1.807, 2.05) is 13.0 Å². The molecule has 0 saturated carbocycles. The van der Waals surface area contributed by atoms with E-state index in [9.17, 15) is 0 Å². The minimum absolute atomic E-state index is 1.07. The van der Waals surface area contributed by atoms with Crippen LogP contribution in [-0.2, 0) is 0 Å². The smallest absolute Gasteiger partial charge is 0.0251 e. The third-order valence-electron chi connectivity index (χ3n) is 2.48. The van der Waals surface area contributed by atoms with Crippen molar-refractivity contribution in [2.75, 3.05) is 0 Å². The number of benzene rings is 2. The highest BCUT2D eigenvalue weighted by molar-refractivity contribution is 5.66. The topological polar surface area (TPSA) is 0 Å². The molecule has 2 aromatic carbocycles. The molecule has 0 heterocycles. The van der Waals surface area contributed by atoms with Crippen LogP contribution in [0.3, 0.4) is 0 Å². The highest BCUT2D eigenvalue weighted by Crippen LogP contribution is 2.21. The van der Waals surface area contributed by atoms with E-state index >= 15 is 0 Å². The molecule has 0 bridgehead atoms. The highest BCUT2D eigenvalue weighted by atomic mass is 14.0. The molecule has 0 spiro atoms. The van der Waals surface area contributed by atoms with Crippen molar-refractivity contribution in [1.82, 2.24) is 0 Å². The van der Waals surface area contributed by atoms with Gasteiger partial charge in [0.15, 0.2) is 0 Å². The van der Waals surface area contributed by atoms with Crippen LogP contribution in [0.15, 0.2) is 48.5 Å². The molecule has 0 aliphatic rings. The Morgan fingerprint density at radius 2 is 1.56 bits per heavy atom. The normalized spacial score (nSPS) is 9.38. The number of aryl methyl sites for hydroxylation is 1. The summed E-state index contributed by atoms with van der Waals surface area (Å²) in [5.41, 5.74) is 4.83. The summed E-state index contributed by atoms with van der Waals surface area (Å²) >= 11 is 0. The minimum Gasteiger partial charge on any atom is -0.101 e. The Bertz CT molecular complexity index is 553. The van der Waals surface area contributed by atoms with Crippen molar-refractivity contribution < 1.29 is 0 Å². The lowest BCUT2D eigenvalue weighted by molar-refractivity contribution is 1.46. The van der Waals surface area contributed by atoms with Crippen molar-refractivity contribution in [1.29, 1.82) is 0 Å². The van der Waals surface area contributed by atoms with Gasteiger partial charge in [0.25, 0.3) is 0 Å². The van der Waals surface area contributed by atoms with Gasteiger partial charge in [-0.1, -0.05) is 47.9 Å². The maximum Gasteiger partial charge on any atom is 0.0251 e. The fourth-order valence-corrected chi connectivity index (χ4v) is 1.75. The second-order valence-electron chi connectivity index (χ2n) is 3.83. The van der Waals surface area contributed by atoms with Gasteiger partial charge in [-0.3, -0.25) is 0 Å². The Morgan fingerprint density at radius 1 is 0.875 bits per heavy atom. The zero-order valence-electron chi connectivity index (χ0n) is 9.62. The second kappa shape index (κ2) is 4.68. The molecule has 0 aromatic heterocycles. The Balaban J connectivity index is 2.46. The third kappa shape index (κ3) is 2.32. The quantitative estimate of drug-likeness (QED) is 0.618. The maximum atomic E-state index is 3.08. The van der Waals surface area contributed by atoms with Crippen LogP contribution < -0.4 is 0 Å². The minimum atomic E-state index is 1.07. The zero-order valence-corrected chi connectivity index (χ0v) is 9.62. The molecular weight excluding hydrogens is 192 g/mol. The fourth-order valence-electron chi connectivity index (χ4n) is 1.75. The van der Waals surface area contributed by atoms with E-state index in [-0.39, 0.29) is 0 Å². The van der Waals surface area contributed by atoms with Crippen molar-refractivity contribution in [2.45, 2.75) is 13.8 Å². The first-order chi connectivity index (χ1) is 7.79. The second-order valence-corrected chi connectivity index (χ2v) is 3.83. The lowest BCUT2D eigenvalue weighted by Crippen LogP contribution is -1.81. The van der Waals surface area contributed by atoms with E-state index in [1.165, 1.54) is 16.7 Å². The molecule has 0 atom stereocenters. The number of rotatable bonds is 1. The molecule has 0 radical (unpaired) electrons. The van der Waals surface area contributed by atoms with Gasteiger partial charge in [-0.25, -0.2) is 0 Å². The summed E-state index contributed by atoms with van der Waals surface area (Å²) < 4.78 is 0. The van der Waals surface area contributed by atoms with Crippen molar-refractivity contribution in [3.05, 3.63) is 59.7 Å². The molecule has 2 rings (SSSR count). The van der Waals surface area contributed by atoms with E-state index in [0.717, 1.165) is 5.56 Å². The molecule has 0 amide bonds. The molecule has 78 valence electrons. The molecule has 0 aliphatic carbocycles. The number of hydrogen-bond acceptors (Lipinski definition) is 0. The number of hydrogen-bond donors (Lipinski definition) is 0. The van der Waals surface area contributed by atoms with Gasteiger partial charge in [0.1, 0.15) is 0 Å².